The van der Waals surface area contributed by atoms with Crippen molar-refractivity contribution in [1.29, 1.82) is 0 Å². The molecule has 0 radical (unpaired) electrons. The first kappa shape index (κ1) is 21.9. The molecule has 1 atom stereocenters. The van der Waals surface area contributed by atoms with Gasteiger partial charge in [0.1, 0.15) is 0 Å². The number of carbonyl (C=O) groups is 1. The van der Waals surface area contributed by atoms with E-state index in [1.54, 1.807) is 19.9 Å². The van der Waals surface area contributed by atoms with Crippen LogP contribution in [0.15, 0.2) is 24.3 Å². The molecule has 0 aliphatic carbocycles. The molecule has 1 aliphatic rings. The van der Waals surface area contributed by atoms with E-state index < -0.39 is 10.0 Å². The molecule has 142 valence electrons. The molecular weight excluding hydrogens is 362 g/mol. The largest absolute Gasteiger partial charge is 0.352 e. The molecule has 3 N–H and O–H groups in total. The van der Waals surface area contributed by atoms with Gasteiger partial charge in [0.15, 0.2) is 0 Å². The molecule has 1 saturated heterocycles. The SMILES string of the molecule is CC(C)NS(=O)(=O)Cc1ccccc1CNC(=O)C1CCCNC1.Cl. The molecule has 8 heteroatoms. The maximum absolute atomic E-state index is 12.2. The summed E-state index contributed by atoms with van der Waals surface area (Å²) in [6.45, 7) is 5.61. The van der Waals surface area contributed by atoms with Crippen molar-refractivity contribution in [2.75, 3.05) is 13.1 Å². The Kier molecular flexibility index (Phi) is 8.85. The molecule has 1 unspecified atom stereocenters. The van der Waals surface area contributed by atoms with Crippen LogP contribution in [0.3, 0.4) is 0 Å². The molecule has 0 saturated carbocycles. The van der Waals surface area contributed by atoms with E-state index in [0.29, 0.717) is 18.7 Å². The molecule has 25 heavy (non-hydrogen) atoms. The molecule has 1 fully saturated rings. The van der Waals surface area contributed by atoms with E-state index in [0.717, 1.165) is 24.9 Å². The van der Waals surface area contributed by atoms with Crippen molar-refractivity contribution in [2.24, 2.45) is 5.92 Å². The summed E-state index contributed by atoms with van der Waals surface area (Å²) in [4.78, 5) is 12.2. The molecule has 1 amide bonds. The van der Waals surface area contributed by atoms with Crippen LogP contribution in [0, 0.1) is 5.92 Å². The molecular formula is C17H28ClN3O3S. The summed E-state index contributed by atoms with van der Waals surface area (Å²) in [5, 5.41) is 6.17. The number of nitrogens with one attached hydrogen (secondary N) is 3. The Morgan fingerprint density at radius 1 is 1.28 bits per heavy atom. The zero-order valence-corrected chi connectivity index (χ0v) is 16.4. The highest BCUT2D eigenvalue weighted by molar-refractivity contribution is 7.88. The number of benzene rings is 1. The van der Waals surface area contributed by atoms with Gasteiger partial charge in [-0.1, -0.05) is 24.3 Å². The monoisotopic (exact) mass is 389 g/mol. The summed E-state index contributed by atoms with van der Waals surface area (Å²) in [5.41, 5.74) is 1.55. The Morgan fingerprint density at radius 3 is 2.56 bits per heavy atom. The van der Waals surface area contributed by atoms with E-state index in [4.69, 9.17) is 0 Å². The maximum Gasteiger partial charge on any atom is 0.224 e. The van der Waals surface area contributed by atoms with Crippen molar-refractivity contribution in [2.45, 2.75) is 45.0 Å². The molecule has 1 aromatic carbocycles. The molecule has 1 heterocycles. The molecule has 1 aromatic rings. The van der Waals surface area contributed by atoms with Crippen LogP contribution in [0.2, 0.25) is 0 Å². The fourth-order valence-corrected chi connectivity index (χ4v) is 4.37. The summed E-state index contributed by atoms with van der Waals surface area (Å²) >= 11 is 0. The summed E-state index contributed by atoms with van der Waals surface area (Å²) in [6, 6.07) is 7.19. The zero-order chi connectivity index (χ0) is 17.6. The van der Waals surface area contributed by atoms with Crippen molar-refractivity contribution in [3.8, 4) is 0 Å². The normalized spacial score (nSPS) is 17.8. The van der Waals surface area contributed by atoms with Crippen LogP contribution < -0.4 is 15.4 Å². The van der Waals surface area contributed by atoms with Crippen LogP contribution in [-0.4, -0.2) is 33.5 Å². The van der Waals surface area contributed by atoms with E-state index in [1.807, 2.05) is 18.2 Å². The summed E-state index contributed by atoms with van der Waals surface area (Å²) in [5.74, 6) is -0.0558. The van der Waals surface area contributed by atoms with Gasteiger partial charge in [0.2, 0.25) is 15.9 Å². The van der Waals surface area contributed by atoms with Crippen LogP contribution in [0.25, 0.3) is 0 Å². The van der Waals surface area contributed by atoms with Crippen LogP contribution in [-0.2, 0) is 27.1 Å². The van der Waals surface area contributed by atoms with Gasteiger partial charge in [-0.2, -0.15) is 0 Å². The van der Waals surface area contributed by atoms with Crippen molar-refractivity contribution < 1.29 is 13.2 Å². The third-order valence-electron chi connectivity index (χ3n) is 4.00. The number of carbonyl (C=O) groups excluding carboxylic acids is 1. The average Bonchev–Trinajstić information content (AvgIpc) is 2.53. The van der Waals surface area contributed by atoms with E-state index >= 15 is 0 Å². The predicted octanol–water partition coefficient (Wildman–Crippen LogP) is 1.55. The van der Waals surface area contributed by atoms with Crippen molar-refractivity contribution in [1.82, 2.24) is 15.4 Å². The smallest absolute Gasteiger partial charge is 0.224 e. The second-order valence-corrected chi connectivity index (χ2v) is 8.32. The van der Waals surface area contributed by atoms with Crippen LogP contribution in [0.4, 0.5) is 0 Å². The molecule has 2 rings (SSSR count). The lowest BCUT2D eigenvalue weighted by Gasteiger charge is -2.22. The van der Waals surface area contributed by atoms with Gasteiger partial charge in [-0.05, 0) is 44.4 Å². The first-order chi connectivity index (χ1) is 11.4. The maximum atomic E-state index is 12.2. The molecule has 0 aromatic heterocycles. The minimum absolute atomic E-state index is 0. The Morgan fingerprint density at radius 2 is 1.96 bits per heavy atom. The number of rotatable bonds is 7. The lowest BCUT2D eigenvalue weighted by Crippen LogP contribution is -2.40. The molecule has 0 spiro atoms. The third kappa shape index (κ3) is 7.32. The Labute approximate surface area is 156 Å². The van der Waals surface area contributed by atoms with Crippen molar-refractivity contribution >= 4 is 28.3 Å². The lowest BCUT2D eigenvalue weighted by atomic mass is 9.98. The number of piperidine rings is 1. The molecule has 6 nitrogen and oxygen atoms in total. The highest BCUT2D eigenvalue weighted by Gasteiger charge is 2.21. The molecule has 0 bridgehead atoms. The van der Waals surface area contributed by atoms with Crippen molar-refractivity contribution in [3.05, 3.63) is 35.4 Å². The minimum atomic E-state index is -3.39. The summed E-state index contributed by atoms with van der Waals surface area (Å²) in [7, 11) is -3.39. The number of amides is 1. The molecule has 1 aliphatic heterocycles. The minimum Gasteiger partial charge on any atom is -0.352 e. The van der Waals surface area contributed by atoms with Gasteiger partial charge in [-0.25, -0.2) is 13.1 Å². The number of hydrogen-bond donors (Lipinski definition) is 3. The van der Waals surface area contributed by atoms with E-state index in [-0.39, 0.29) is 36.0 Å². The summed E-state index contributed by atoms with van der Waals surface area (Å²) in [6.07, 6.45) is 1.90. The van der Waals surface area contributed by atoms with Crippen LogP contribution >= 0.6 is 12.4 Å². The highest BCUT2D eigenvalue weighted by Crippen LogP contribution is 2.14. The Hall–Kier alpha value is -1.15. The zero-order valence-electron chi connectivity index (χ0n) is 14.7. The summed E-state index contributed by atoms with van der Waals surface area (Å²) < 4.78 is 26.9. The average molecular weight is 390 g/mol. The van der Waals surface area contributed by atoms with Crippen molar-refractivity contribution in [3.63, 3.8) is 0 Å². The predicted molar refractivity (Wildman–Crippen MR) is 102 cm³/mol. The second kappa shape index (κ2) is 10.1. The Bertz CT molecular complexity index is 659. The topological polar surface area (TPSA) is 87.3 Å². The first-order valence-corrected chi connectivity index (χ1v) is 10.1. The number of sulfonamides is 1. The fourth-order valence-electron chi connectivity index (χ4n) is 2.88. The quantitative estimate of drug-likeness (QED) is 0.660. The van der Waals surface area contributed by atoms with Gasteiger partial charge in [0.05, 0.1) is 11.7 Å². The first-order valence-electron chi connectivity index (χ1n) is 8.42. The lowest BCUT2D eigenvalue weighted by molar-refractivity contribution is -0.125. The highest BCUT2D eigenvalue weighted by atomic mass is 35.5. The van der Waals surface area contributed by atoms with Gasteiger partial charge >= 0.3 is 0 Å². The van der Waals surface area contributed by atoms with Gasteiger partial charge in [-0.3, -0.25) is 4.79 Å². The van der Waals surface area contributed by atoms with E-state index in [1.165, 1.54) is 0 Å². The van der Waals surface area contributed by atoms with Gasteiger partial charge in [0.25, 0.3) is 0 Å². The van der Waals surface area contributed by atoms with Crippen LogP contribution in [0.1, 0.15) is 37.8 Å². The third-order valence-corrected chi connectivity index (χ3v) is 5.52. The fraction of sp³-hybridized carbons (Fsp3) is 0.588. The van der Waals surface area contributed by atoms with Gasteiger partial charge < -0.3 is 10.6 Å². The van der Waals surface area contributed by atoms with Gasteiger partial charge in [-0.15, -0.1) is 12.4 Å². The standard InChI is InChI=1S/C17H27N3O3S.ClH/c1-13(2)20-24(22,23)12-16-7-4-3-6-14(16)11-19-17(21)15-8-5-9-18-10-15;/h3-4,6-7,13,15,18,20H,5,8-12H2,1-2H3,(H,19,21);1H. The van der Waals surface area contributed by atoms with E-state index in [2.05, 4.69) is 15.4 Å². The Balaban J connectivity index is 0.00000312. The van der Waals surface area contributed by atoms with E-state index in [9.17, 15) is 13.2 Å². The number of hydrogen-bond acceptors (Lipinski definition) is 4. The van der Waals surface area contributed by atoms with Crippen LogP contribution in [0.5, 0.6) is 0 Å². The van der Waals surface area contributed by atoms with Gasteiger partial charge in [0, 0.05) is 19.1 Å². The second-order valence-electron chi connectivity index (χ2n) is 6.56. The number of halogens is 1.